The second-order valence-corrected chi connectivity index (χ2v) is 4.97. The summed E-state index contributed by atoms with van der Waals surface area (Å²) in [5.74, 6) is 1.83. The molecule has 1 saturated heterocycles. The summed E-state index contributed by atoms with van der Waals surface area (Å²) in [7, 11) is 1.39. The second-order valence-electron chi connectivity index (χ2n) is 4.97. The molecule has 0 aliphatic carbocycles. The molecule has 0 aromatic carbocycles. The van der Waals surface area contributed by atoms with Crippen LogP contribution in [0.1, 0.15) is 5.82 Å². The summed E-state index contributed by atoms with van der Waals surface area (Å²) in [5, 5.41) is 3.82. The Labute approximate surface area is 127 Å². The van der Waals surface area contributed by atoms with Gasteiger partial charge in [-0.2, -0.15) is 4.98 Å². The molecule has 0 saturated carbocycles. The van der Waals surface area contributed by atoms with E-state index in [0.717, 1.165) is 11.4 Å². The first-order valence-corrected chi connectivity index (χ1v) is 7.02. The second kappa shape index (κ2) is 6.00. The number of aromatic nitrogens is 3. The number of hydrogen-bond donors (Lipinski definition) is 0. The molecule has 0 N–H and O–H groups in total. The lowest BCUT2D eigenvalue weighted by atomic mass is 10.2. The first kappa shape index (κ1) is 14.3. The summed E-state index contributed by atoms with van der Waals surface area (Å²) in [6.07, 6.45) is 1.43. The predicted molar refractivity (Wildman–Crippen MR) is 78.5 cm³/mol. The lowest BCUT2D eigenvalue weighted by Gasteiger charge is -2.35. The number of aryl methyl sites for hydroxylation is 1. The number of piperazine rings is 1. The van der Waals surface area contributed by atoms with Crippen molar-refractivity contribution in [3.63, 3.8) is 0 Å². The van der Waals surface area contributed by atoms with Gasteiger partial charge >= 0.3 is 6.09 Å². The molecule has 0 bridgehead atoms. The van der Waals surface area contributed by atoms with Crippen LogP contribution < -0.4 is 4.90 Å². The largest absolute Gasteiger partial charge is 0.453 e. The minimum absolute atomic E-state index is 0.298. The maximum atomic E-state index is 11.5. The van der Waals surface area contributed by atoms with E-state index in [4.69, 9.17) is 9.26 Å². The van der Waals surface area contributed by atoms with E-state index in [1.165, 1.54) is 7.11 Å². The van der Waals surface area contributed by atoms with Gasteiger partial charge in [0.1, 0.15) is 5.82 Å². The number of anilines is 1. The van der Waals surface area contributed by atoms with Crippen LogP contribution in [0.15, 0.2) is 22.9 Å². The fourth-order valence-electron chi connectivity index (χ4n) is 2.45. The summed E-state index contributed by atoms with van der Waals surface area (Å²) < 4.78 is 9.99. The summed E-state index contributed by atoms with van der Waals surface area (Å²) >= 11 is 0. The van der Waals surface area contributed by atoms with E-state index in [9.17, 15) is 4.79 Å². The van der Waals surface area contributed by atoms with Crippen LogP contribution in [0.4, 0.5) is 10.6 Å². The van der Waals surface area contributed by atoms with Gasteiger partial charge in [0, 0.05) is 32.4 Å². The van der Waals surface area contributed by atoms with E-state index in [1.807, 2.05) is 12.1 Å². The molecule has 3 heterocycles. The standard InChI is InChI=1S/C14H17N5O3/c1-10-16-13(22-17-10)11-4-3-5-15-12(11)18-6-8-19(9-7-18)14(20)21-2/h3-5H,6-9H2,1-2H3. The van der Waals surface area contributed by atoms with Crippen molar-refractivity contribution in [1.29, 1.82) is 0 Å². The van der Waals surface area contributed by atoms with Crippen molar-refractivity contribution < 1.29 is 14.1 Å². The molecular weight excluding hydrogens is 286 g/mol. The van der Waals surface area contributed by atoms with Gasteiger partial charge in [0.15, 0.2) is 5.82 Å². The highest BCUT2D eigenvalue weighted by atomic mass is 16.5. The zero-order valence-electron chi connectivity index (χ0n) is 12.5. The Morgan fingerprint density at radius 1 is 1.32 bits per heavy atom. The minimum Gasteiger partial charge on any atom is -0.453 e. The molecule has 1 amide bonds. The first-order chi connectivity index (χ1) is 10.7. The van der Waals surface area contributed by atoms with Crippen LogP contribution in [-0.2, 0) is 4.74 Å². The number of carbonyl (C=O) groups is 1. The SMILES string of the molecule is COC(=O)N1CCN(c2ncccc2-c2nc(C)no2)CC1. The molecule has 1 aliphatic rings. The Balaban J connectivity index is 1.80. The third-order valence-electron chi connectivity index (χ3n) is 3.56. The molecule has 0 radical (unpaired) electrons. The van der Waals surface area contributed by atoms with Crippen LogP contribution in [0.25, 0.3) is 11.5 Å². The van der Waals surface area contributed by atoms with Crippen molar-refractivity contribution in [1.82, 2.24) is 20.0 Å². The number of rotatable bonds is 2. The lowest BCUT2D eigenvalue weighted by Crippen LogP contribution is -2.49. The predicted octanol–water partition coefficient (Wildman–Crippen LogP) is 1.33. The van der Waals surface area contributed by atoms with Crippen molar-refractivity contribution in [2.45, 2.75) is 6.92 Å². The first-order valence-electron chi connectivity index (χ1n) is 7.02. The van der Waals surface area contributed by atoms with E-state index in [2.05, 4.69) is 20.0 Å². The highest BCUT2D eigenvalue weighted by molar-refractivity contribution is 5.71. The molecule has 22 heavy (non-hydrogen) atoms. The monoisotopic (exact) mass is 303 g/mol. The van der Waals surface area contributed by atoms with Gasteiger partial charge < -0.3 is 19.1 Å². The van der Waals surface area contributed by atoms with Crippen molar-refractivity contribution in [3.05, 3.63) is 24.2 Å². The number of methoxy groups -OCH3 is 1. The molecule has 8 heteroatoms. The summed E-state index contributed by atoms with van der Waals surface area (Å²) in [5.41, 5.74) is 0.801. The number of carbonyl (C=O) groups excluding carboxylic acids is 1. The third kappa shape index (κ3) is 2.72. The average molecular weight is 303 g/mol. The number of pyridine rings is 1. The number of hydrogen-bond acceptors (Lipinski definition) is 7. The summed E-state index contributed by atoms with van der Waals surface area (Å²) in [6.45, 7) is 4.30. The fourth-order valence-corrected chi connectivity index (χ4v) is 2.45. The molecule has 1 fully saturated rings. The quantitative estimate of drug-likeness (QED) is 0.827. The molecule has 0 atom stereocenters. The lowest BCUT2D eigenvalue weighted by molar-refractivity contribution is 0.121. The average Bonchev–Trinajstić information content (AvgIpc) is 3.00. The molecule has 1 aliphatic heterocycles. The third-order valence-corrected chi connectivity index (χ3v) is 3.56. The molecule has 2 aromatic rings. The van der Waals surface area contributed by atoms with Gasteiger partial charge in [-0.15, -0.1) is 0 Å². The van der Waals surface area contributed by atoms with E-state index in [1.54, 1.807) is 18.0 Å². The van der Waals surface area contributed by atoms with Crippen LogP contribution in [0.5, 0.6) is 0 Å². The Hall–Kier alpha value is -2.64. The fraction of sp³-hybridized carbons (Fsp3) is 0.429. The van der Waals surface area contributed by atoms with Crippen LogP contribution in [-0.4, -0.2) is 59.4 Å². The van der Waals surface area contributed by atoms with E-state index in [0.29, 0.717) is 37.9 Å². The molecule has 116 valence electrons. The van der Waals surface area contributed by atoms with Crippen molar-refractivity contribution in [2.75, 3.05) is 38.2 Å². The summed E-state index contributed by atoms with van der Waals surface area (Å²) in [4.78, 5) is 24.0. The Morgan fingerprint density at radius 2 is 2.09 bits per heavy atom. The van der Waals surface area contributed by atoms with Gasteiger partial charge in [-0.3, -0.25) is 0 Å². The number of nitrogens with zero attached hydrogens (tertiary/aromatic N) is 5. The number of ether oxygens (including phenoxy) is 1. The van der Waals surface area contributed by atoms with Gasteiger partial charge in [0.25, 0.3) is 5.89 Å². The van der Waals surface area contributed by atoms with E-state index < -0.39 is 0 Å². The molecule has 2 aromatic heterocycles. The van der Waals surface area contributed by atoms with Crippen molar-refractivity contribution >= 4 is 11.9 Å². The molecule has 8 nitrogen and oxygen atoms in total. The highest BCUT2D eigenvalue weighted by Gasteiger charge is 2.25. The zero-order valence-corrected chi connectivity index (χ0v) is 12.5. The molecular formula is C14H17N5O3. The van der Waals surface area contributed by atoms with Crippen LogP contribution in [0, 0.1) is 6.92 Å². The Bertz CT molecular complexity index is 664. The smallest absolute Gasteiger partial charge is 0.409 e. The van der Waals surface area contributed by atoms with Crippen molar-refractivity contribution in [2.24, 2.45) is 0 Å². The normalized spacial score (nSPS) is 15.0. The van der Waals surface area contributed by atoms with Crippen molar-refractivity contribution in [3.8, 4) is 11.5 Å². The Kier molecular flexibility index (Phi) is 3.90. The van der Waals surface area contributed by atoms with E-state index in [-0.39, 0.29) is 6.09 Å². The number of amides is 1. The minimum atomic E-state index is -0.298. The maximum Gasteiger partial charge on any atom is 0.409 e. The topological polar surface area (TPSA) is 84.6 Å². The van der Waals surface area contributed by atoms with Gasteiger partial charge in [0.05, 0.1) is 12.7 Å². The summed E-state index contributed by atoms with van der Waals surface area (Å²) in [6, 6.07) is 3.74. The highest BCUT2D eigenvalue weighted by Crippen LogP contribution is 2.28. The van der Waals surface area contributed by atoms with Gasteiger partial charge in [-0.25, -0.2) is 9.78 Å². The van der Waals surface area contributed by atoms with Gasteiger partial charge in [0.2, 0.25) is 0 Å². The molecule has 3 rings (SSSR count). The van der Waals surface area contributed by atoms with Gasteiger partial charge in [-0.1, -0.05) is 5.16 Å². The molecule has 0 unspecified atom stereocenters. The van der Waals surface area contributed by atoms with E-state index >= 15 is 0 Å². The molecule has 0 spiro atoms. The van der Waals surface area contributed by atoms with Crippen LogP contribution >= 0.6 is 0 Å². The maximum absolute atomic E-state index is 11.5. The van der Waals surface area contributed by atoms with Crippen LogP contribution in [0.3, 0.4) is 0 Å². The zero-order chi connectivity index (χ0) is 15.5. The van der Waals surface area contributed by atoms with Gasteiger partial charge in [-0.05, 0) is 19.1 Å². The Morgan fingerprint density at radius 3 is 2.73 bits per heavy atom. The van der Waals surface area contributed by atoms with Crippen LogP contribution in [0.2, 0.25) is 0 Å².